The Morgan fingerprint density at radius 3 is 2.55 bits per heavy atom. The van der Waals surface area contributed by atoms with E-state index in [2.05, 4.69) is 15.3 Å². The Hall–Kier alpha value is -1.85. The lowest BCUT2D eigenvalue weighted by molar-refractivity contribution is 0.223. The monoisotopic (exact) mass is 292 g/mol. The van der Waals surface area contributed by atoms with Crippen LogP contribution in [-0.4, -0.2) is 21.7 Å². The van der Waals surface area contributed by atoms with Gasteiger partial charge in [-0.2, -0.15) is 4.98 Å². The molecular formula is C14H17ClN4O. The number of anilines is 2. The maximum absolute atomic E-state index is 9.75. The molecule has 20 heavy (non-hydrogen) atoms. The number of aromatic nitrogens is 2. The quantitative estimate of drug-likeness (QED) is 0.753. The molecule has 0 spiro atoms. The van der Waals surface area contributed by atoms with E-state index in [1.54, 1.807) is 6.92 Å². The van der Waals surface area contributed by atoms with Gasteiger partial charge in [0.05, 0.1) is 23.5 Å². The third-order valence-electron chi connectivity index (χ3n) is 3.23. The molecule has 0 aliphatic rings. The zero-order valence-corrected chi connectivity index (χ0v) is 12.1. The first-order chi connectivity index (χ1) is 9.46. The van der Waals surface area contributed by atoms with Crippen LogP contribution in [0.2, 0.25) is 5.28 Å². The molecule has 0 aliphatic heterocycles. The molecule has 1 heterocycles. The lowest BCUT2D eigenvalue weighted by atomic mass is 9.93. The molecule has 0 saturated heterocycles. The van der Waals surface area contributed by atoms with E-state index in [9.17, 15) is 5.11 Å². The number of aliphatic hydroxyl groups is 1. The summed E-state index contributed by atoms with van der Waals surface area (Å²) < 4.78 is 0. The summed E-state index contributed by atoms with van der Waals surface area (Å²) in [7, 11) is 0. The molecule has 2 aromatic rings. The molecule has 0 aliphatic carbocycles. The van der Waals surface area contributed by atoms with E-state index in [1.807, 2.05) is 37.3 Å². The van der Waals surface area contributed by atoms with Gasteiger partial charge in [-0.1, -0.05) is 30.3 Å². The van der Waals surface area contributed by atoms with Crippen molar-refractivity contribution in [3.63, 3.8) is 0 Å². The Kier molecular flexibility index (Phi) is 4.11. The second-order valence-electron chi connectivity index (χ2n) is 4.82. The third-order valence-corrected chi connectivity index (χ3v) is 3.40. The van der Waals surface area contributed by atoms with Gasteiger partial charge in [0, 0.05) is 0 Å². The van der Waals surface area contributed by atoms with E-state index in [-0.39, 0.29) is 11.9 Å². The average molecular weight is 293 g/mol. The normalized spacial score (nSPS) is 13.8. The van der Waals surface area contributed by atoms with Gasteiger partial charge in [0.2, 0.25) is 5.28 Å². The summed E-state index contributed by atoms with van der Waals surface area (Å²) in [5.74, 6) is 0.419. The van der Waals surface area contributed by atoms with Crippen molar-refractivity contribution in [2.45, 2.75) is 19.4 Å². The van der Waals surface area contributed by atoms with Gasteiger partial charge in [0.25, 0.3) is 0 Å². The van der Waals surface area contributed by atoms with Crippen molar-refractivity contribution in [2.75, 3.05) is 17.7 Å². The van der Waals surface area contributed by atoms with Gasteiger partial charge in [0.1, 0.15) is 0 Å². The van der Waals surface area contributed by atoms with Crippen molar-refractivity contribution in [1.82, 2.24) is 9.97 Å². The number of benzene rings is 1. The minimum absolute atomic E-state index is 0.114. The van der Waals surface area contributed by atoms with Crippen LogP contribution in [-0.2, 0) is 5.54 Å². The number of nitrogens with zero attached hydrogens (tertiary/aromatic N) is 2. The highest BCUT2D eigenvalue weighted by Gasteiger charge is 2.27. The maximum atomic E-state index is 9.75. The van der Waals surface area contributed by atoms with Gasteiger partial charge in [-0.15, -0.1) is 0 Å². The lowest BCUT2D eigenvalue weighted by Gasteiger charge is -2.30. The number of nitrogens with one attached hydrogen (secondary N) is 1. The predicted molar refractivity (Wildman–Crippen MR) is 80.7 cm³/mol. The number of hydrogen-bond acceptors (Lipinski definition) is 5. The molecule has 0 amide bonds. The van der Waals surface area contributed by atoms with Crippen molar-refractivity contribution in [1.29, 1.82) is 0 Å². The first-order valence-corrected chi connectivity index (χ1v) is 6.58. The van der Waals surface area contributed by atoms with Crippen LogP contribution in [0.5, 0.6) is 0 Å². The van der Waals surface area contributed by atoms with Crippen LogP contribution in [0.1, 0.15) is 18.2 Å². The number of rotatable bonds is 4. The van der Waals surface area contributed by atoms with E-state index in [0.29, 0.717) is 17.2 Å². The standard InChI is InChI=1S/C14H17ClN4O/c1-9-11(16)12(18-13(15)17-9)19-14(2,8-20)10-6-4-3-5-7-10/h3-7,20H,8,16H2,1-2H3,(H,17,18,19). The van der Waals surface area contributed by atoms with Crippen molar-refractivity contribution in [3.8, 4) is 0 Å². The summed E-state index contributed by atoms with van der Waals surface area (Å²) >= 11 is 5.86. The maximum Gasteiger partial charge on any atom is 0.224 e. The first-order valence-electron chi connectivity index (χ1n) is 6.20. The van der Waals surface area contributed by atoms with Gasteiger partial charge >= 0.3 is 0 Å². The SMILES string of the molecule is Cc1nc(Cl)nc(NC(C)(CO)c2ccccc2)c1N. The van der Waals surface area contributed by atoms with E-state index >= 15 is 0 Å². The Labute approximate surface area is 122 Å². The number of aryl methyl sites for hydroxylation is 1. The lowest BCUT2D eigenvalue weighted by Crippen LogP contribution is -2.36. The van der Waals surface area contributed by atoms with Crippen molar-refractivity contribution < 1.29 is 5.11 Å². The summed E-state index contributed by atoms with van der Waals surface area (Å²) in [6.45, 7) is 3.51. The molecule has 1 unspecified atom stereocenters. The summed E-state index contributed by atoms with van der Waals surface area (Å²) in [6.07, 6.45) is 0. The summed E-state index contributed by atoms with van der Waals surface area (Å²) in [5.41, 5.74) is 7.20. The second-order valence-corrected chi connectivity index (χ2v) is 5.16. The summed E-state index contributed by atoms with van der Waals surface area (Å²) in [6, 6.07) is 9.59. The van der Waals surface area contributed by atoms with Gasteiger partial charge in [-0.3, -0.25) is 0 Å². The van der Waals surface area contributed by atoms with Crippen LogP contribution in [0.4, 0.5) is 11.5 Å². The molecule has 1 atom stereocenters. The molecule has 0 saturated carbocycles. The molecule has 0 radical (unpaired) electrons. The van der Waals surface area contributed by atoms with Crippen LogP contribution in [0.25, 0.3) is 0 Å². The minimum atomic E-state index is -0.709. The largest absolute Gasteiger partial charge is 0.394 e. The van der Waals surface area contributed by atoms with Crippen LogP contribution in [0.3, 0.4) is 0 Å². The topological polar surface area (TPSA) is 84.1 Å². The smallest absolute Gasteiger partial charge is 0.224 e. The number of nitrogens with two attached hydrogens (primary N) is 1. The Balaban J connectivity index is 2.41. The Bertz CT molecular complexity index is 606. The molecule has 0 bridgehead atoms. The van der Waals surface area contributed by atoms with E-state index < -0.39 is 5.54 Å². The highest BCUT2D eigenvalue weighted by molar-refractivity contribution is 6.28. The molecule has 1 aromatic carbocycles. The van der Waals surface area contributed by atoms with Crippen molar-refractivity contribution in [2.24, 2.45) is 0 Å². The first kappa shape index (κ1) is 14.6. The number of hydrogen-bond donors (Lipinski definition) is 3. The predicted octanol–water partition coefficient (Wildman–Crippen LogP) is 2.34. The molecule has 106 valence electrons. The van der Waals surface area contributed by atoms with Gasteiger partial charge < -0.3 is 16.2 Å². The fourth-order valence-electron chi connectivity index (χ4n) is 1.91. The van der Waals surface area contributed by atoms with Crippen molar-refractivity contribution in [3.05, 3.63) is 46.9 Å². The molecule has 2 rings (SSSR count). The molecule has 5 nitrogen and oxygen atoms in total. The van der Waals surface area contributed by atoms with Crippen LogP contribution in [0.15, 0.2) is 30.3 Å². The highest BCUT2D eigenvalue weighted by Crippen LogP contribution is 2.29. The van der Waals surface area contributed by atoms with Crippen LogP contribution >= 0.6 is 11.6 Å². The zero-order chi connectivity index (χ0) is 14.8. The zero-order valence-electron chi connectivity index (χ0n) is 11.4. The minimum Gasteiger partial charge on any atom is -0.394 e. The molecule has 4 N–H and O–H groups in total. The average Bonchev–Trinajstić information content (AvgIpc) is 2.45. The summed E-state index contributed by atoms with van der Waals surface area (Å²) in [5, 5.41) is 13.0. The van der Waals surface area contributed by atoms with Crippen molar-refractivity contribution >= 4 is 23.1 Å². The Morgan fingerprint density at radius 2 is 1.95 bits per heavy atom. The number of nitrogen functional groups attached to an aromatic ring is 1. The summed E-state index contributed by atoms with van der Waals surface area (Å²) in [4.78, 5) is 8.09. The fourth-order valence-corrected chi connectivity index (χ4v) is 2.12. The third kappa shape index (κ3) is 2.84. The molecule has 6 heteroatoms. The Morgan fingerprint density at radius 1 is 1.30 bits per heavy atom. The van der Waals surface area contributed by atoms with Gasteiger partial charge in [-0.05, 0) is 31.0 Å². The highest BCUT2D eigenvalue weighted by atomic mass is 35.5. The molecule has 0 fully saturated rings. The van der Waals surface area contributed by atoms with E-state index in [0.717, 1.165) is 5.56 Å². The molecular weight excluding hydrogens is 276 g/mol. The molecule has 1 aromatic heterocycles. The second kappa shape index (κ2) is 5.64. The van der Waals surface area contributed by atoms with Gasteiger partial charge in [-0.25, -0.2) is 4.98 Å². The number of halogens is 1. The number of aliphatic hydroxyl groups excluding tert-OH is 1. The van der Waals surface area contributed by atoms with Crippen LogP contribution in [0, 0.1) is 6.92 Å². The van der Waals surface area contributed by atoms with Gasteiger partial charge in [0.15, 0.2) is 5.82 Å². The van der Waals surface area contributed by atoms with Crippen LogP contribution < -0.4 is 11.1 Å². The fraction of sp³-hybridized carbons (Fsp3) is 0.286. The van der Waals surface area contributed by atoms with E-state index in [4.69, 9.17) is 17.3 Å². The van der Waals surface area contributed by atoms with E-state index in [1.165, 1.54) is 0 Å².